The minimum atomic E-state index is -0.509. The molecule has 1 aromatic carbocycles. The number of amides is 2. The van der Waals surface area contributed by atoms with Crippen LogP contribution in [0.25, 0.3) is 0 Å². The monoisotopic (exact) mass is 370 g/mol. The van der Waals surface area contributed by atoms with Crippen molar-refractivity contribution in [2.75, 3.05) is 18.5 Å². The molecule has 2 aromatic rings. The quantitative estimate of drug-likeness (QED) is 0.800. The summed E-state index contributed by atoms with van der Waals surface area (Å²) >= 11 is 0. The lowest BCUT2D eigenvalue weighted by molar-refractivity contribution is -0.143. The first-order valence-corrected chi connectivity index (χ1v) is 9.18. The van der Waals surface area contributed by atoms with E-state index in [1.165, 1.54) is 4.90 Å². The van der Waals surface area contributed by atoms with Crippen molar-refractivity contribution in [1.82, 2.24) is 15.0 Å². The predicted molar refractivity (Wildman–Crippen MR) is 96.0 cm³/mol. The molecule has 2 amide bonds. The highest BCUT2D eigenvalue weighted by molar-refractivity contribution is 6.07. The topological polar surface area (TPSA) is 97.6 Å². The van der Waals surface area contributed by atoms with Gasteiger partial charge in [-0.25, -0.2) is 0 Å². The molecule has 3 heterocycles. The van der Waals surface area contributed by atoms with Crippen LogP contribution in [0.15, 0.2) is 28.8 Å². The van der Waals surface area contributed by atoms with E-state index in [2.05, 4.69) is 15.5 Å². The van der Waals surface area contributed by atoms with Crippen molar-refractivity contribution in [1.29, 1.82) is 0 Å². The third kappa shape index (κ3) is 3.85. The van der Waals surface area contributed by atoms with Crippen LogP contribution in [0.4, 0.5) is 5.69 Å². The van der Waals surface area contributed by atoms with Crippen LogP contribution < -0.4 is 5.32 Å². The van der Waals surface area contributed by atoms with E-state index in [9.17, 15) is 9.59 Å². The summed E-state index contributed by atoms with van der Waals surface area (Å²) in [5.41, 5.74) is 1.84. The van der Waals surface area contributed by atoms with Crippen LogP contribution in [-0.4, -0.2) is 52.2 Å². The Labute approximate surface area is 156 Å². The average molecular weight is 370 g/mol. The zero-order valence-corrected chi connectivity index (χ0v) is 15.2. The fraction of sp³-hybridized carbons (Fsp3) is 0.474. The van der Waals surface area contributed by atoms with E-state index < -0.39 is 6.04 Å². The number of nitrogens with zero attached hydrogens (tertiary/aromatic N) is 3. The fourth-order valence-corrected chi connectivity index (χ4v) is 3.60. The molecule has 1 atom stereocenters. The SMILES string of the molecule is Cc1noc(Cc2ccc(NC3CC(=O)N(C4CCOCC4)C3=O)cc2)n1. The van der Waals surface area contributed by atoms with E-state index in [4.69, 9.17) is 9.26 Å². The second kappa shape index (κ2) is 7.48. The Morgan fingerprint density at radius 3 is 2.59 bits per heavy atom. The Hall–Kier alpha value is -2.74. The van der Waals surface area contributed by atoms with Crippen molar-refractivity contribution >= 4 is 17.5 Å². The second-order valence-corrected chi connectivity index (χ2v) is 6.96. The summed E-state index contributed by atoms with van der Waals surface area (Å²) in [5, 5.41) is 6.97. The van der Waals surface area contributed by atoms with Crippen molar-refractivity contribution in [3.63, 3.8) is 0 Å². The number of ether oxygens (including phenoxy) is 1. The molecule has 2 aliphatic rings. The van der Waals surface area contributed by atoms with Crippen LogP contribution in [0.2, 0.25) is 0 Å². The summed E-state index contributed by atoms with van der Waals surface area (Å²) in [6.07, 6.45) is 2.18. The lowest BCUT2D eigenvalue weighted by Crippen LogP contribution is -2.44. The van der Waals surface area contributed by atoms with Gasteiger partial charge in [0.2, 0.25) is 11.8 Å². The molecule has 0 bridgehead atoms. The second-order valence-electron chi connectivity index (χ2n) is 6.96. The average Bonchev–Trinajstić information content (AvgIpc) is 3.20. The molecule has 2 fully saturated rings. The third-order valence-corrected chi connectivity index (χ3v) is 4.96. The highest BCUT2D eigenvalue weighted by Crippen LogP contribution is 2.25. The minimum absolute atomic E-state index is 0.0363. The number of carbonyl (C=O) groups is 2. The summed E-state index contributed by atoms with van der Waals surface area (Å²) in [5.74, 6) is 0.934. The van der Waals surface area contributed by atoms with E-state index in [-0.39, 0.29) is 24.3 Å². The number of likely N-dealkylation sites (tertiary alicyclic amines) is 1. The molecule has 142 valence electrons. The predicted octanol–water partition coefficient (Wildman–Crippen LogP) is 1.69. The van der Waals surface area contributed by atoms with Crippen LogP contribution in [0, 0.1) is 6.92 Å². The van der Waals surface area contributed by atoms with Crippen molar-refractivity contribution in [2.45, 2.75) is 44.7 Å². The van der Waals surface area contributed by atoms with E-state index in [1.54, 1.807) is 6.92 Å². The van der Waals surface area contributed by atoms with Gasteiger partial charge in [-0.1, -0.05) is 17.3 Å². The summed E-state index contributed by atoms with van der Waals surface area (Å²) in [6.45, 7) is 2.98. The molecule has 0 radical (unpaired) electrons. The van der Waals surface area contributed by atoms with Crippen LogP contribution in [0.1, 0.15) is 36.5 Å². The first-order chi connectivity index (χ1) is 13.1. The van der Waals surface area contributed by atoms with Gasteiger partial charge in [-0.2, -0.15) is 4.98 Å². The van der Waals surface area contributed by atoms with Gasteiger partial charge in [-0.3, -0.25) is 14.5 Å². The Kier molecular flexibility index (Phi) is 4.89. The first kappa shape index (κ1) is 17.7. The van der Waals surface area contributed by atoms with Crippen LogP contribution in [-0.2, 0) is 20.7 Å². The van der Waals surface area contributed by atoms with Gasteiger partial charge >= 0.3 is 0 Å². The van der Waals surface area contributed by atoms with Crippen LogP contribution in [0.5, 0.6) is 0 Å². The first-order valence-electron chi connectivity index (χ1n) is 9.18. The molecular weight excluding hydrogens is 348 g/mol. The highest BCUT2D eigenvalue weighted by Gasteiger charge is 2.42. The molecule has 0 aliphatic carbocycles. The highest BCUT2D eigenvalue weighted by atomic mass is 16.5. The Balaban J connectivity index is 1.38. The largest absolute Gasteiger partial charge is 0.381 e. The van der Waals surface area contributed by atoms with Crippen molar-refractivity contribution < 1.29 is 18.8 Å². The number of benzene rings is 1. The normalized spacial score (nSPS) is 21.1. The molecule has 1 unspecified atom stereocenters. The van der Waals surface area contributed by atoms with Gasteiger partial charge in [0.05, 0.1) is 12.8 Å². The van der Waals surface area contributed by atoms with Gasteiger partial charge in [-0.15, -0.1) is 0 Å². The van der Waals surface area contributed by atoms with Crippen LogP contribution >= 0.6 is 0 Å². The van der Waals surface area contributed by atoms with E-state index in [0.29, 0.717) is 44.2 Å². The molecule has 8 heteroatoms. The number of aryl methyl sites for hydroxylation is 1. The van der Waals surface area contributed by atoms with Gasteiger partial charge in [-0.05, 0) is 37.5 Å². The maximum Gasteiger partial charge on any atom is 0.252 e. The number of nitrogens with one attached hydrogen (secondary N) is 1. The van der Waals surface area contributed by atoms with Crippen LogP contribution in [0.3, 0.4) is 0 Å². The molecule has 1 aromatic heterocycles. The molecule has 27 heavy (non-hydrogen) atoms. The van der Waals surface area contributed by atoms with E-state index in [1.807, 2.05) is 24.3 Å². The molecule has 4 rings (SSSR count). The molecule has 2 saturated heterocycles. The Morgan fingerprint density at radius 1 is 1.19 bits per heavy atom. The number of anilines is 1. The molecule has 1 N–H and O–H groups in total. The molecule has 8 nitrogen and oxygen atoms in total. The smallest absolute Gasteiger partial charge is 0.252 e. The van der Waals surface area contributed by atoms with Gasteiger partial charge in [0.15, 0.2) is 5.82 Å². The van der Waals surface area contributed by atoms with Crippen molar-refractivity contribution in [2.24, 2.45) is 0 Å². The number of aromatic nitrogens is 2. The fourth-order valence-electron chi connectivity index (χ4n) is 3.60. The zero-order chi connectivity index (χ0) is 18.8. The number of hydrogen-bond acceptors (Lipinski definition) is 7. The Morgan fingerprint density at radius 2 is 1.93 bits per heavy atom. The van der Waals surface area contributed by atoms with Gasteiger partial charge in [0.25, 0.3) is 5.91 Å². The summed E-state index contributed by atoms with van der Waals surface area (Å²) < 4.78 is 10.5. The van der Waals surface area contributed by atoms with Crippen molar-refractivity contribution in [3.05, 3.63) is 41.5 Å². The molecule has 0 saturated carbocycles. The lowest BCUT2D eigenvalue weighted by Gasteiger charge is -2.29. The standard InChI is InChI=1S/C19H22N4O4/c1-12-20-17(27-22-12)10-13-2-4-14(5-3-13)21-16-11-18(24)23(19(16)25)15-6-8-26-9-7-15/h2-5,15-16,21H,6-11H2,1H3. The van der Waals surface area contributed by atoms with E-state index >= 15 is 0 Å². The molecule has 0 spiro atoms. The Bertz CT molecular complexity index is 826. The van der Waals surface area contributed by atoms with Gasteiger partial charge < -0.3 is 14.6 Å². The minimum Gasteiger partial charge on any atom is -0.381 e. The maximum absolute atomic E-state index is 12.7. The number of carbonyl (C=O) groups excluding carboxylic acids is 2. The maximum atomic E-state index is 12.7. The zero-order valence-electron chi connectivity index (χ0n) is 15.2. The number of rotatable bonds is 5. The lowest BCUT2D eigenvalue weighted by atomic mass is 10.1. The summed E-state index contributed by atoms with van der Waals surface area (Å²) in [6, 6.07) is 7.13. The van der Waals surface area contributed by atoms with Gasteiger partial charge in [0.1, 0.15) is 6.04 Å². The summed E-state index contributed by atoms with van der Waals surface area (Å²) in [4.78, 5) is 30.7. The van der Waals surface area contributed by atoms with Crippen molar-refractivity contribution in [3.8, 4) is 0 Å². The number of hydrogen-bond donors (Lipinski definition) is 1. The molecule has 2 aliphatic heterocycles. The third-order valence-electron chi connectivity index (χ3n) is 4.96. The molecular formula is C19H22N4O4. The number of imide groups is 1. The van der Waals surface area contributed by atoms with E-state index in [0.717, 1.165) is 11.3 Å². The summed E-state index contributed by atoms with van der Waals surface area (Å²) in [7, 11) is 0. The van der Waals surface area contributed by atoms with Gasteiger partial charge in [0, 0.05) is 24.9 Å².